The number of allylic oxidation sites excluding steroid dienone is 2. The molecule has 1 heterocycles. The zero-order valence-corrected chi connectivity index (χ0v) is 13.0. The number of unbranched alkanes of at least 4 members (excludes halogenated alkanes) is 4. The van der Waals surface area contributed by atoms with Crippen molar-refractivity contribution in [1.29, 1.82) is 0 Å². The molecule has 0 amide bonds. The van der Waals surface area contributed by atoms with E-state index in [-0.39, 0.29) is 13.2 Å². The molecule has 0 aromatic carbocycles. The highest BCUT2D eigenvalue weighted by Gasteiger charge is 2.37. The van der Waals surface area contributed by atoms with Crippen LogP contribution in [-0.2, 0) is 9.47 Å². The molecule has 124 valence electrons. The van der Waals surface area contributed by atoms with Gasteiger partial charge in [0.15, 0.2) is 0 Å². The first-order valence-electron chi connectivity index (χ1n) is 8.05. The highest BCUT2D eigenvalue weighted by Crippen LogP contribution is 2.15. The lowest BCUT2D eigenvalue weighted by Gasteiger charge is -2.35. The first-order chi connectivity index (χ1) is 10.2. The minimum atomic E-state index is -1.15. The van der Waals surface area contributed by atoms with Crippen molar-refractivity contribution in [2.24, 2.45) is 0 Å². The molecule has 5 heteroatoms. The fourth-order valence-electron chi connectivity index (χ4n) is 2.26. The van der Waals surface area contributed by atoms with Gasteiger partial charge in [-0.2, -0.15) is 0 Å². The van der Waals surface area contributed by atoms with E-state index in [1.807, 2.05) is 0 Å². The van der Waals surface area contributed by atoms with Crippen LogP contribution in [0.3, 0.4) is 0 Å². The first kappa shape index (κ1) is 18.6. The van der Waals surface area contributed by atoms with Crippen LogP contribution < -0.4 is 0 Å². The predicted octanol–water partition coefficient (Wildman–Crippen LogP) is 1.40. The number of ether oxygens (including phenoxy) is 2. The summed E-state index contributed by atoms with van der Waals surface area (Å²) in [5, 5.41) is 28.6. The summed E-state index contributed by atoms with van der Waals surface area (Å²) in [5.74, 6) is 0. The summed E-state index contributed by atoms with van der Waals surface area (Å²) in [7, 11) is 0. The molecule has 1 aliphatic rings. The number of aliphatic hydroxyl groups is 3. The van der Waals surface area contributed by atoms with Gasteiger partial charge in [0.1, 0.15) is 24.4 Å². The zero-order valence-electron chi connectivity index (χ0n) is 13.0. The first-order valence-corrected chi connectivity index (χ1v) is 8.05. The number of hydrogen-bond donors (Lipinski definition) is 3. The summed E-state index contributed by atoms with van der Waals surface area (Å²) in [5.41, 5.74) is 0. The van der Waals surface area contributed by atoms with Gasteiger partial charge >= 0.3 is 0 Å². The Bertz CT molecular complexity index is 282. The van der Waals surface area contributed by atoms with Crippen molar-refractivity contribution < 1.29 is 24.8 Å². The lowest BCUT2D eigenvalue weighted by atomic mass is 10.0. The molecule has 0 saturated carbocycles. The number of aliphatic hydroxyl groups excluding tert-OH is 3. The average Bonchev–Trinajstić information content (AvgIpc) is 2.49. The van der Waals surface area contributed by atoms with E-state index in [1.54, 1.807) is 0 Å². The molecular weight excluding hydrogens is 272 g/mol. The normalized spacial score (nSPS) is 30.1. The number of hydrogen-bond acceptors (Lipinski definition) is 5. The van der Waals surface area contributed by atoms with Gasteiger partial charge in [0.2, 0.25) is 0 Å². The van der Waals surface area contributed by atoms with E-state index >= 15 is 0 Å². The van der Waals surface area contributed by atoms with Gasteiger partial charge in [-0.25, -0.2) is 0 Å². The van der Waals surface area contributed by atoms with Crippen LogP contribution >= 0.6 is 0 Å². The van der Waals surface area contributed by atoms with E-state index in [2.05, 4.69) is 19.1 Å². The second kappa shape index (κ2) is 11.2. The summed E-state index contributed by atoms with van der Waals surface area (Å²) in [6.45, 7) is 3.08. The van der Waals surface area contributed by atoms with E-state index in [0.29, 0.717) is 6.61 Å². The minimum Gasteiger partial charge on any atom is -0.388 e. The van der Waals surface area contributed by atoms with Crippen LogP contribution in [0.2, 0.25) is 0 Å². The van der Waals surface area contributed by atoms with Gasteiger partial charge in [-0.05, 0) is 25.7 Å². The molecule has 0 bridgehead atoms. The summed E-state index contributed by atoms with van der Waals surface area (Å²) in [6, 6.07) is 0. The monoisotopic (exact) mass is 302 g/mol. The number of rotatable bonds is 10. The highest BCUT2D eigenvalue weighted by atomic mass is 16.6. The molecule has 5 nitrogen and oxygen atoms in total. The Morgan fingerprint density at radius 2 is 1.76 bits per heavy atom. The Hall–Kier alpha value is -0.460. The largest absolute Gasteiger partial charge is 0.388 e. The van der Waals surface area contributed by atoms with E-state index in [4.69, 9.17) is 9.47 Å². The van der Waals surface area contributed by atoms with Crippen molar-refractivity contribution >= 4 is 0 Å². The Kier molecular flexibility index (Phi) is 9.87. The quantitative estimate of drug-likeness (QED) is 0.420. The lowest BCUT2D eigenvalue weighted by molar-refractivity contribution is -0.199. The van der Waals surface area contributed by atoms with E-state index < -0.39 is 24.4 Å². The van der Waals surface area contributed by atoms with Gasteiger partial charge in [0.25, 0.3) is 0 Å². The Morgan fingerprint density at radius 3 is 2.48 bits per heavy atom. The van der Waals surface area contributed by atoms with Crippen LogP contribution in [0.25, 0.3) is 0 Å². The summed E-state index contributed by atoms with van der Waals surface area (Å²) >= 11 is 0. The molecule has 0 aliphatic carbocycles. The van der Waals surface area contributed by atoms with Gasteiger partial charge in [0.05, 0.1) is 13.2 Å². The second-order valence-electron chi connectivity index (χ2n) is 5.60. The minimum absolute atomic E-state index is 0.0345. The molecule has 1 aliphatic heterocycles. The van der Waals surface area contributed by atoms with Crippen LogP contribution in [0.4, 0.5) is 0 Å². The molecule has 4 atom stereocenters. The van der Waals surface area contributed by atoms with Crippen molar-refractivity contribution in [3.63, 3.8) is 0 Å². The van der Waals surface area contributed by atoms with E-state index in [0.717, 1.165) is 19.3 Å². The maximum atomic E-state index is 9.73. The van der Waals surface area contributed by atoms with Crippen molar-refractivity contribution in [1.82, 2.24) is 0 Å². The molecule has 0 unspecified atom stereocenters. The van der Waals surface area contributed by atoms with Crippen molar-refractivity contribution in [2.75, 3.05) is 19.8 Å². The van der Waals surface area contributed by atoms with Gasteiger partial charge in [-0.1, -0.05) is 31.9 Å². The van der Waals surface area contributed by atoms with Crippen LogP contribution in [0.1, 0.15) is 45.4 Å². The molecular formula is C16H30O5. The lowest BCUT2D eigenvalue weighted by Crippen LogP contribution is -2.54. The zero-order chi connectivity index (χ0) is 15.5. The van der Waals surface area contributed by atoms with Crippen LogP contribution in [0.15, 0.2) is 12.2 Å². The van der Waals surface area contributed by atoms with E-state index in [1.165, 1.54) is 19.3 Å². The Morgan fingerprint density at radius 1 is 1.05 bits per heavy atom. The molecule has 21 heavy (non-hydrogen) atoms. The molecule has 0 aromatic heterocycles. The van der Waals surface area contributed by atoms with Gasteiger partial charge in [-0.3, -0.25) is 0 Å². The maximum absolute atomic E-state index is 9.73. The van der Waals surface area contributed by atoms with E-state index in [9.17, 15) is 15.3 Å². The Labute approximate surface area is 127 Å². The molecule has 0 aromatic rings. The predicted molar refractivity (Wildman–Crippen MR) is 81.1 cm³/mol. The van der Waals surface area contributed by atoms with Crippen LogP contribution in [0, 0.1) is 0 Å². The van der Waals surface area contributed by atoms with Crippen LogP contribution in [0.5, 0.6) is 0 Å². The molecule has 1 rings (SSSR count). The van der Waals surface area contributed by atoms with Crippen molar-refractivity contribution in [3.05, 3.63) is 12.2 Å². The third-order valence-electron chi connectivity index (χ3n) is 3.69. The molecule has 0 radical (unpaired) electrons. The molecule has 3 N–H and O–H groups in total. The smallest absolute Gasteiger partial charge is 0.111 e. The molecule has 1 saturated heterocycles. The second-order valence-corrected chi connectivity index (χ2v) is 5.60. The summed E-state index contributed by atoms with van der Waals surface area (Å²) in [6.07, 6.45) is 7.45. The SMILES string of the molecule is CCCCC/C=C/CCCOC[C@H]1OC[C@H](O)[C@@H](O)[C@@H]1O. The van der Waals surface area contributed by atoms with Gasteiger partial charge < -0.3 is 24.8 Å². The third kappa shape index (κ3) is 7.38. The molecule has 0 spiro atoms. The highest BCUT2D eigenvalue weighted by molar-refractivity contribution is 4.86. The van der Waals surface area contributed by atoms with Crippen LogP contribution in [-0.4, -0.2) is 59.6 Å². The maximum Gasteiger partial charge on any atom is 0.111 e. The fraction of sp³-hybridized carbons (Fsp3) is 0.875. The topological polar surface area (TPSA) is 79.2 Å². The summed E-state index contributed by atoms with van der Waals surface area (Å²) in [4.78, 5) is 0. The average molecular weight is 302 g/mol. The van der Waals surface area contributed by atoms with Crippen molar-refractivity contribution in [3.8, 4) is 0 Å². The Balaban J connectivity index is 1.99. The van der Waals surface area contributed by atoms with Gasteiger partial charge in [-0.15, -0.1) is 0 Å². The third-order valence-corrected chi connectivity index (χ3v) is 3.69. The molecule has 1 fully saturated rings. The van der Waals surface area contributed by atoms with Gasteiger partial charge in [0, 0.05) is 6.61 Å². The fourth-order valence-corrected chi connectivity index (χ4v) is 2.26. The standard InChI is InChI=1S/C16H30O5/c1-2-3-4-5-6-7-8-9-10-20-12-14-16(19)15(18)13(17)11-21-14/h6-7,13-19H,2-5,8-12H2,1H3/b7-6+/t13-,14+,15+,16+/m0/s1. The summed E-state index contributed by atoms with van der Waals surface area (Å²) < 4.78 is 10.7. The van der Waals surface area contributed by atoms with Crippen molar-refractivity contribution in [2.45, 2.75) is 69.9 Å².